The van der Waals surface area contributed by atoms with Crippen molar-refractivity contribution in [2.45, 2.75) is 43.7 Å². The molecule has 194 valence electrons. The zero-order valence-electron chi connectivity index (χ0n) is 21.5. The van der Waals surface area contributed by atoms with Crippen LogP contribution < -0.4 is 5.32 Å². The maximum atomic E-state index is 13.3. The number of benzene rings is 2. The Balaban J connectivity index is 1.08. The van der Waals surface area contributed by atoms with Crippen LogP contribution in [0.4, 0.5) is 0 Å². The number of aromatic amines is 1. The minimum absolute atomic E-state index is 0.0512. The molecule has 1 saturated carbocycles. The van der Waals surface area contributed by atoms with Gasteiger partial charge >= 0.3 is 0 Å². The quantitative estimate of drug-likeness (QED) is 0.364. The van der Waals surface area contributed by atoms with E-state index in [1.54, 1.807) is 6.20 Å². The monoisotopic (exact) mass is 507 g/mol. The molecular formula is C31H33N5O2. The minimum Gasteiger partial charge on any atom is -0.378 e. The number of amides is 1. The fraction of sp³-hybridized carbons (Fsp3) is 0.387. The zero-order chi connectivity index (χ0) is 25.5. The molecule has 1 unspecified atom stereocenters. The van der Waals surface area contributed by atoms with E-state index in [1.807, 2.05) is 36.4 Å². The predicted molar refractivity (Wildman–Crippen MR) is 147 cm³/mol. The van der Waals surface area contributed by atoms with Gasteiger partial charge in [-0.15, -0.1) is 0 Å². The van der Waals surface area contributed by atoms with Gasteiger partial charge in [0.15, 0.2) is 0 Å². The smallest absolute Gasteiger partial charge is 0.251 e. The number of nitrogens with one attached hydrogen (secondary N) is 2. The topological polar surface area (TPSA) is 83.1 Å². The third-order valence-corrected chi connectivity index (χ3v) is 8.53. The van der Waals surface area contributed by atoms with Crippen molar-refractivity contribution < 1.29 is 9.53 Å². The minimum atomic E-state index is -0.0724. The number of aromatic nitrogens is 3. The Morgan fingerprint density at radius 1 is 1.00 bits per heavy atom. The van der Waals surface area contributed by atoms with E-state index in [2.05, 4.69) is 49.7 Å². The molecule has 4 aromatic rings. The van der Waals surface area contributed by atoms with Gasteiger partial charge in [-0.1, -0.05) is 30.3 Å². The van der Waals surface area contributed by atoms with Crippen molar-refractivity contribution in [3.05, 3.63) is 83.7 Å². The zero-order valence-corrected chi connectivity index (χ0v) is 21.5. The summed E-state index contributed by atoms with van der Waals surface area (Å²) in [7, 11) is 0. The van der Waals surface area contributed by atoms with Gasteiger partial charge in [-0.05, 0) is 86.5 Å². The lowest BCUT2D eigenvalue weighted by molar-refractivity contribution is -0.0712. The number of rotatable bonds is 7. The van der Waals surface area contributed by atoms with E-state index in [0.717, 1.165) is 67.0 Å². The van der Waals surface area contributed by atoms with Crippen LogP contribution in [0, 0.1) is 5.92 Å². The molecule has 7 nitrogen and oxygen atoms in total. The average Bonchev–Trinajstić information content (AvgIpc) is 3.70. The number of piperidine rings is 1. The summed E-state index contributed by atoms with van der Waals surface area (Å²) in [4.78, 5) is 20.4. The number of H-pyrrole nitrogens is 1. The molecule has 0 bridgehead atoms. The first kappa shape index (κ1) is 23.6. The molecule has 1 aliphatic carbocycles. The highest BCUT2D eigenvalue weighted by Gasteiger charge is 2.34. The van der Waals surface area contributed by atoms with E-state index in [-0.39, 0.29) is 11.9 Å². The first-order valence-corrected chi connectivity index (χ1v) is 13.8. The molecule has 2 aliphatic heterocycles. The summed E-state index contributed by atoms with van der Waals surface area (Å²) in [6, 6.07) is 21.1. The van der Waals surface area contributed by atoms with Crippen LogP contribution in [0.25, 0.3) is 22.2 Å². The van der Waals surface area contributed by atoms with Crippen molar-refractivity contribution in [1.29, 1.82) is 0 Å². The van der Waals surface area contributed by atoms with Gasteiger partial charge in [-0.25, -0.2) is 0 Å². The largest absolute Gasteiger partial charge is 0.378 e. The second-order valence-electron chi connectivity index (χ2n) is 11.0. The Bertz CT molecular complexity index is 1420. The fourth-order valence-electron chi connectivity index (χ4n) is 5.97. The Morgan fingerprint density at radius 2 is 1.82 bits per heavy atom. The van der Waals surface area contributed by atoms with Crippen LogP contribution >= 0.6 is 0 Å². The number of likely N-dealkylation sites (tertiary alicyclic amines) is 1. The summed E-state index contributed by atoms with van der Waals surface area (Å²) in [5, 5.41) is 12.0. The molecule has 2 saturated heterocycles. The first-order valence-electron chi connectivity index (χ1n) is 13.8. The highest BCUT2D eigenvalue weighted by Crippen LogP contribution is 2.40. The lowest BCUT2D eigenvalue weighted by Crippen LogP contribution is -2.51. The number of nitrogens with zero attached hydrogens (tertiary/aromatic N) is 3. The molecule has 4 heterocycles. The molecule has 0 radical (unpaired) electrons. The molecule has 7 rings (SSSR count). The van der Waals surface area contributed by atoms with Crippen molar-refractivity contribution in [3.8, 4) is 11.3 Å². The third-order valence-electron chi connectivity index (χ3n) is 8.53. The second-order valence-corrected chi connectivity index (χ2v) is 11.0. The van der Waals surface area contributed by atoms with E-state index in [4.69, 9.17) is 4.74 Å². The van der Waals surface area contributed by atoms with Crippen molar-refractivity contribution in [3.63, 3.8) is 0 Å². The van der Waals surface area contributed by atoms with Gasteiger partial charge in [-0.2, -0.15) is 5.10 Å². The lowest BCUT2D eigenvalue weighted by atomic mass is 9.88. The number of carbonyl (C=O) groups is 1. The van der Waals surface area contributed by atoms with Gasteiger partial charge in [0.2, 0.25) is 0 Å². The Morgan fingerprint density at radius 3 is 2.50 bits per heavy atom. The normalized spacial score (nSPS) is 19.8. The van der Waals surface area contributed by atoms with Crippen LogP contribution in [-0.4, -0.2) is 58.3 Å². The van der Waals surface area contributed by atoms with E-state index < -0.39 is 0 Å². The van der Waals surface area contributed by atoms with Gasteiger partial charge in [0.25, 0.3) is 5.91 Å². The molecule has 2 aromatic heterocycles. The summed E-state index contributed by atoms with van der Waals surface area (Å²) < 4.78 is 5.37. The second kappa shape index (κ2) is 9.97. The standard InChI is InChI=1S/C31H33N5O2/c37-31(33-30(23-8-9-23)28-3-1-2-14-32-28)24-10-11-27-26(17-24)29(35-34-27)22-6-4-20(5-7-22)21-12-15-36(16-13-21)25-18-38-19-25/h1-7,10-11,14,17,21,23,25,30H,8-9,12-13,15-16,18-19H2,(H,33,37)(H,34,35). The van der Waals surface area contributed by atoms with Crippen LogP contribution in [-0.2, 0) is 4.74 Å². The van der Waals surface area contributed by atoms with Gasteiger partial charge < -0.3 is 10.1 Å². The van der Waals surface area contributed by atoms with Gasteiger partial charge in [-0.3, -0.25) is 19.8 Å². The summed E-state index contributed by atoms with van der Waals surface area (Å²) in [6.45, 7) is 4.09. The number of pyridine rings is 1. The van der Waals surface area contributed by atoms with Crippen molar-refractivity contribution >= 4 is 16.8 Å². The highest BCUT2D eigenvalue weighted by molar-refractivity contribution is 6.01. The molecule has 2 aromatic carbocycles. The van der Waals surface area contributed by atoms with Gasteiger partial charge in [0.1, 0.15) is 0 Å². The number of hydrogen-bond donors (Lipinski definition) is 2. The maximum Gasteiger partial charge on any atom is 0.251 e. The van der Waals surface area contributed by atoms with E-state index in [0.29, 0.717) is 23.4 Å². The number of carbonyl (C=O) groups excluding carboxylic acids is 1. The summed E-state index contributed by atoms with van der Waals surface area (Å²) in [6.07, 6.45) is 6.42. The Hall–Kier alpha value is -3.55. The molecule has 38 heavy (non-hydrogen) atoms. The van der Waals surface area contributed by atoms with E-state index in [9.17, 15) is 4.79 Å². The Kier molecular flexibility index (Phi) is 6.18. The van der Waals surface area contributed by atoms with Crippen LogP contribution in [0.15, 0.2) is 66.9 Å². The molecule has 3 fully saturated rings. The highest BCUT2D eigenvalue weighted by atomic mass is 16.5. The summed E-state index contributed by atoms with van der Waals surface area (Å²) in [5.41, 5.74) is 5.84. The van der Waals surface area contributed by atoms with Gasteiger partial charge in [0, 0.05) is 22.7 Å². The Labute approximate surface area is 222 Å². The van der Waals surface area contributed by atoms with Crippen molar-refractivity contribution in [1.82, 2.24) is 25.4 Å². The molecule has 1 amide bonds. The summed E-state index contributed by atoms with van der Waals surface area (Å²) >= 11 is 0. The predicted octanol–water partition coefficient (Wildman–Crippen LogP) is 5.08. The summed E-state index contributed by atoms with van der Waals surface area (Å²) in [5.74, 6) is 0.989. The van der Waals surface area contributed by atoms with Crippen molar-refractivity contribution in [2.24, 2.45) is 5.92 Å². The number of ether oxygens (including phenoxy) is 1. The average molecular weight is 508 g/mol. The molecule has 2 N–H and O–H groups in total. The fourth-order valence-corrected chi connectivity index (χ4v) is 5.97. The van der Waals surface area contributed by atoms with E-state index in [1.165, 1.54) is 18.4 Å². The van der Waals surface area contributed by atoms with Crippen LogP contribution in [0.1, 0.15) is 59.3 Å². The third kappa shape index (κ3) is 4.61. The van der Waals surface area contributed by atoms with Crippen LogP contribution in [0.3, 0.4) is 0 Å². The molecule has 7 heteroatoms. The van der Waals surface area contributed by atoms with Crippen molar-refractivity contribution in [2.75, 3.05) is 26.3 Å². The molecule has 0 spiro atoms. The molecule has 3 aliphatic rings. The van der Waals surface area contributed by atoms with Crippen LogP contribution in [0.5, 0.6) is 0 Å². The SMILES string of the molecule is O=C(NC(c1ccccn1)C1CC1)c1ccc2[nH]nc(-c3ccc(C4CCN(C5COC5)CC4)cc3)c2c1. The van der Waals surface area contributed by atoms with E-state index >= 15 is 0 Å². The number of hydrogen-bond acceptors (Lipinski definition) is 5. The first-order chi connectivity index (χ1) is 18.7. The molecular weight excluding hydrogens is 474 g/mol. The maximum absolute atomic E-state index is 13.3. The number of fused-ring (bicyclic) bond motifs is 1. The van der Waals surface area contributed by atoms with Gasteiger partial charge in [0.05, 0.1) is 42.2 Å². The lowest BCUT2D eigenvalue weighted by Gasteiger charge is -2.41. The van der Waals surface area contributed by atoms with Crippen LogP contribution in [0.2, 0.25) is 0 Å². The molecule has 1 atom stereocenters.